The summed E-state index contributed by atoms with van der Waals surface area (Å²) in [6.07, 6.45) is 1.49. The lowest BCUT2D eigenvalue weighted by Crippen LogP contribution is -2.14. The van der Waals surface area contributed by atoms with E-state index < -0.39 is 18.4 Å². The SMILES string of the molecule is Cc1nn(-c2ccc(OC(F)F)c(-c3ccccc3)c2)cc1C(=O)Nc1cccc(C(C)(F)F)c1. The number of alkyl halides is 4. The predicted octanol–water partition coefficient (Wildman–Crippen LogP) is 6.81. The van der Waals surface area contributed by atoms with E-state index in [1.807, 2.05) is 0 Å². The number of ether oxygens (including phenoxy) is 1. The molecule has 5 nitrogen and oxygen atoms in total. The summed E-state index contributed by atoms with van der Waals surface area (Å²) < 4.78 is 59.2. The smallest absolute Gasteiger partial charge is 0.387 e. The summed E-state index contributed by atoms with van der Waals surface area (Å²) in [5.74, 6) is -3.56. The van der Waals surface area contributed by atoms with Crippen LogP contribution in [0.1, 0.15) is 28.5 Å². The Hall–Kier alpha value is -4.14. The molecule has 9 heteroatoms. The molecular weight excluding hydrogens is 462 g/mol. The van der Waals surface area contributed by atoms with Crippen LogP contribution in [0.3, 0.4) is 0 Å². The molecule has 35 heavy (non-hydrogen) atoms. The average molecular weight is 483 g/mol. The van der Waals surface area contributed by atoms with Gasteiger partial charge in [0.15, 0.2) is 0 Å². The summed E-state index contributed by atoms with van der Waals surface area (Å²) in [5.41, 5.74) is 2.24. The number of nitrogens with zero attached hydrogens (tertiary/aromatic N) is 2. The molecule has 0 aliphatic heterocycles. The average Bonchev–Trinajstić information content (AvgIpc) is 3.21. The Bertz CT molecular complexity index is 1350. The van der Waals surface area contributed by atoms with E-state index in [9.17, 15) is 22.4 Å². The summed E-state index contributed by atoms with van der Waals surface area (Å²) in [7, 11) is 0. The first-order chi connectivity index (χ1) is 16.6. The molecule has 0 unspecified atom stereocenters. The first-order valence-corrected chi connectivity index (χ1v) is 10.6. The molecule has 0 fully saturated rings. The number of anilines is 1. The van der Waals surface area contributed by atoms with Gasteiger partial charge in [-0.3, -0.25) is 4.79 Å². The van der Waals surface area contributed by atoms with E-state index in [0.29, 0.717) is 22.5 Å². The highest BCUT2D eigenvalue weighted by Gasteiger charge is 2.24. The van der Waals surface area contributed by atoms with Crippen molar-refractivity contribution in [2.45, 2.75) is 26.4 Å². The van der Waals surface area contributed by atoms with Crippen LogP contribution in [0.2, 0.25) is 0 Å². The largest absolute Gasteiger partial charge is 0.434 e. The number of rotatable bonds is 7. The van der Waals surface area contributed by atoms with Gasteiger partial charge < -0.3 is 10.1 Å². The number of nitrogens with one attached hydrogen (secondary N) is 1. The van der Waals surface area contributed by atoms with E-state index >= 15 is 0 Å². The Morgan fingerprint density at radius 2 is 1.77 bits per heavy atom. The van der Waals surface area contributed by atoms with Crippen LogP contribution in [0.25, 0.3) is 16.8 Å². The second kappa shape index (κ2) is 9.61. The van der Waals surface area contributed by atoms with Crippen molar-refractivity contribution in [3.63, 3.8) is 0 Å². The van der Waals surface area contributed by atoms with E-state index in [1.165, 1.54) is 41.2 Å². The number of hydrogen-bond donors (Lipinski definition) is 1. The maximum Gasteiger partial charge on any atom is 0.387 e. The number of aromatic nitrogens is 2. The molecule has 1 N–H and O–H groups in total. The van der Waals surface area contributed by atoms with E-state index in [4.69, 9.17) is 0 Å². The number of carbonyl (C=O) groups excluding carboxylic acids is 1. The Morgan fingerprint density at radius 1 is 1.03 bits per heavy atom. The number of hydrogen-bond acceptors (Lipinski definition) is 3. The van der Waals surface area contributed by atoms with Crippen LogP contribution in [0, 0.1) is 6.92 Å². The number of amides is 1. The van der Waals surface area contributed by atoms with Gasteiger partial charge in [-0.15, -0.1) is 0 Å². The second-order valence-corrected chi connectivity index (χ2v) is 7.92. The zero-order valence-corrected chi connectivity index (χ0v) is 18.8. The lowest BCUT2D eigenvalue weighted by molar-refractivity contribution is -0.0494. The number of carbonyl (C=O) groups is 1. The third-order valence-corrected chi connectivity index (χ3v) is 5.30. The lowest BCUT2D eigenvalue weighted by atomic mass is 10.0. The van der Waals surface area contributed by atoms with Gasteiger partial charge in [0.2, 0.25) is 0 Å². The summed E-state index contributed by atoms with van der Waals surface area (Å²) in [6.45, 7) is -0.575. The highest BCUT2D eigenvalue weighted by Crippen LogP contribution is 2.33. The number of halogens is 4. The minimum Gasteiger partial charge on any atom is -0.434 e. The fourth-order valence-corrected chi connectivity index (χ4v) is 3.59. The molecule has 1 aromatic heterocycles. The molecule has 1 amide bonds. The molecule has 3 aromatic carbocycles. The number of aryl methyl sites for hydroxylation is 1. The van der Waals surface area contributed by atoms with Crippen molar-refractivity contribution in [2.24, 2.45) is 0 Å². The molecule has 0 aliphatic carbocycles. The van der Waals surface area contributed by atoms with E-state index in [1.54, 1.807) is 49.4 Å². The molecule has 0 aliphatic rings. The van der Waals surface area contributed by atoms with Gasteiger partial charge in [0.25, 0.3) is 11.8 Å². The van der Waals surface area contributed by atoms with Crippen molar-refractivity contribution < 1.29 is 27.1 Å². The van der Waals surface area contributed by atoms with Gasteiger partial charge in [-0.05, 0) is 42.8 Å². The van der Waals surface area contributed by atoms with Gasteiger partial charge in [0.05, 0.1) is 16.9 Å². The summed E-state index contributed by atoms with van der Waals surface area (Å²) in [4.78, 5) is 12.8. The van der Waals surface area contributed by atoms with Crippen LogP contribution in [0.5, 0.6) is 5.75 Å². The van der Waals surface area contributed by atoms with Crippen LogP contribution in [-0.4, -0.2) is 22.3 Å². The van der Waals surface area contributed by atoms with Gasteiger partial charge in [0.1, 0.15) is 5.75 Å². The van der Waals surface area contributed by atoms with Gasteiger partial charge in [-0.2, -0.15) is 13.9 Å². The standard InChI is InChI=1S/C26H21F4N3O2/c1-16-22(24(34)31-19-10-6-9-18(13-19)26(2,29)30)15-33(32-16)20-11-12-23(35-25(27)28)21(14-20)17-7-4-3-5-8-17/h3-15,25H,1-2H3,(H,31,34). The molecule has 1 heterocycles. The first kappa shape index (κ1) is 24.0. The molecule has 4 rings (SSSR count). The monoisotopic (exact) mass is 483 g/mol. The van der Waals surface area contributed by atoms with Crippen LogP contribution in [0.4, 0.5) is 23.2 Å². The van der Waals surface area contributed by atoms with Gasteiger partial charge in [0, 0.05) is 29.9 Å². The van der Waals surface area contributed by atoms with Crippen LogP contribution >= 0.6 is 0 Å². The van der Waals surface area contributed by atoms with Crippen molar-refractivity contribution in [3.05, 3.63) is 95.8 Å². The van der Waals surface area contributed by atoms with Gasteiger partial charge in [-0.1, -0.05) is 42.5 Å². The van der Waals surface area contributed by atoms with E-state index in [-0.39, 0.29) is 22.6 Å². The molecular formula is C26H21F4N3O2. The molecule has 4 aromatic rings. The van der Waals surface area contributed by atoms with Crippen LogP contribution in [0.15, 0.2) is 79.0 Å². The Balaban J connectivity index is 1.65. The fourth-order valence-electron chi connectivity index (χ4n) is 3.59. The molecule has 0 saturated heterocycles. The molecule has 0 radical (unpaired) electrons. The summed E-state index contributed by atoms with van der Waals surface area (Å²) in [6, 6.07) is 18.9. The third kappa shape index (κ3) is 5.51. The minimum atomic E-state index is -3.04. The lowest BCUT2D eigenvalue weighted by Gasteiger charge is -2.13. The van der Waals surface area contributed by atoms with Crippen molar-refractivity contribution >= 4 is 11.6 Å². The van der Waals surface area contributed by atoms with Gasteiger partial charge in [-0.25, -0.2) is 13.5 Å². The topological polar surface area (TPSA) is 56.2 Å². The zero-order valence-electron chi connectivity index (χ0n) is 18.8. The molecule has 0 bridgehead atoms. The molecule has 0 spiro atoms. The maximum atomic E-state index is 13.6. The predicted molar refractivity (Wildman–Crippen MR) is 124 cm³/mol. The van der Waals surface area contributed by atoms with E-state index in [0.717, 1.165) is 6.92 Å². The second-order valence-electron chi connectivity index (χ2n) is 7.92. The molecule has 180 valence electrons. The maximum absolute atomic E-state index is 13.6. The highest BCUT2D eigenvalue weighted by atomic mass is 19.3. The zero-order chi connectivity index (χ0) is 25.2. The Kier molecular flexibility index (Phi) is 6.59. The van der Waals surface area contributed by atoms with Crippen molar-refractivity contribution in [1.29, 1.82) is 0 Å². The van der Waals surface area contributed by atoms with Crippen LogP contribution in [-0.2, 0) is 5.92 Å². The summed E-state index contributed by atoms with van der Waals surface area (Å²) >= 11 is 0. The highest BCUT2D eigenvalue weighted by molar-refractivity contribution is 6.05. The quantitative estimate of drug-likeness (QED) is 0.294. The fraction of sp³-hybridized carbons (Fsp3) is 0.154. The van der Waals surface area contributed by atoms with Crippen molar-refractivity contribution in [3.8, 4) is 22.6 Å². The first-order valence-electron chi connectivity index (χ1n) is 10.6. The Morgan fingerprint density at radius 3 is 2.46 bits per heavy atom. The van der Waals surface area contributed by atoms with E-state index in [2.05, 4.69) is 15.2 Å². The minimum absolute atomic E-state index is 0.00408. The van der Waals surface area contributed by atoms with Crippen molar-refractivity contribution in [1.82, 2.24) is 9.78 Å². The van der Waals surface area contributed by atoms with Crippen LogP contribution < -0.4 is 10.1 Å². The molecule has 0 saturated carbocycles. The van der Waals surface area contributed by atoms with Gasteiger partial charge >= 0.3 is 6.61 Å². The Labute approximate surface area is 199 Å². The normalized spacial score (nSPS) is 11.5. The number of benzene rings is 3. The van der Waals surface area contributed by atoms with Crippen molar-refractivity contribution in [2.75, 3.05) is 5.32 Å². The molecule has 0 atom stereocenters. The third-order valence-electron chi connectivity index (χ3n) is 5.30. The summed E-state index contributed by atoms with van der Waals surface area (Å²) in [5, 5.41) is 6.99.